The fraction of sp³-hybridized carbons (Fsp3) is 0.929. The lowest BCUT2D eigenvalue weighted by Crippen LogP contribution is -2.51. The van der Waals surface area contributed by atoms with Crippen molar-refractivity contribution in [2.24, 2.45) is 0 Å². The molecule has 0 N–H and O–H groups in total. The Kier molecular flexibility index (Phi) is 5.56. The van der Waals surface area contributed by atoms with Gasteiger partial charge in [-0.2, -0.15) is 0 Å². The topological polar surface area (TPSA) is 19.0 Å². The lowest BCUT2D eigenvalue weighted by molar-refractivity contribution is 0.0319. The lowest BCUT2D eigenvalue weighted by Gasteiger charge is -2.41. The normalized spacial score (nSPS) is 27.4. The Morgan fingerprint density at radius 2 is 1.80 bits per heavy atom. The first kappa shape index (κ1) is 15.0. The third kappa shape index (κ3) is 3.85. The molecule has 2 saturated heterocycles. The number of rotatable bonds is 4. The molecular formula is C14H25N3OS2. The summed E-state index contributed by atoms with van der Waals surface area (Å²) in [6, 6.07) is 0.709. The van der Waals surface area contributed by atoms with E-state index in [-0.39, 0.29) is 0 Å². The molecule has 0 aromatic heterocycles. The Balaban J connectivity index is 1.46. The lowest BCUT2D eigenvalue weighted by atomic mass is 10.2. The summed E-state index contributed by atoms with van der Waals surface area (Å²) in [6.45, 7) is 7.33. The van der Waals surface area contributed by atoms with Gasteiger partial charge in [-0.05, 0) is 12.8 Å². The molecule has 3 fully saturated rings. The van der Waals surface area contributed by atoms with E-state index in [1.54, 1.807) is 0 Å². The third-order valence-corrected chi connectivity index (χ3v) is 6.12. The van der Waals surface area contributed by atoms with Crippen molar-refractivity contribution >= 4 is 28.3 Å². The highest BCUT2D eigenvalue weighted by molar-refractivity contribution is 8.22. The number of thiocarbonyl (C=S) groups is 1. The van der Waals surface area contributed by atoms with Crippen molar-refractivity contribution < 1.29 is 4.74 Å². The molecule has 3 rings (SSSR count). The van der Waals surface area contributed by atoms with Gasteiger partial charge in [0.25, 0.3) is 0 Å². The molecule has 6 heteroatoms. The zero-order valence-corrected chi connectivity index (χ0v) is 13.8. The molecular weight excluding hydrogens is 290 g/mol. The van der Waals surface area contributed by atoms with Crippen LogP contribution in [-0.4, -0.2) is 77.0 Å². The van der Waals surface area contributed by atoms with Crippen molar-refractivity contribution in [3.8, 4) is 0 Å². The standard InChI is InChI=1S/C14H25N3OS2/c19-14-17(13-3-1-2-4-13)11-16(12-20-14)6-5-15-7-9-18-10-8-15/h13H,1-12H2. The molecule has 4 nitrogen and oxygen atoms in total. The van der Waals surface area contributed by atoms with Crippen LogP contribution in [0, 0.1) is 0 Å². The highest BCUT2D eigenvalue weighted by Crippen LogP contribution is 2.29. The molecule has 20 heavy (non-hydrogen) atoms. The first-order valence-corrected chi connectivity index (χ1v) is 9.18. The monoisotopic (exact) mass is 315 g/mol. The predicted octanol–water partition coefficient (Wildman–Crippen LogP) is 1.81. The zero-order valence-electron chi connectivity index (χ0n) is 12.1. The van der Waals surface area contributed by atoms with Crippen LogP contribution >= 0.6 is 24.0 Å². The Hall–Kier alpha value is 0.120. The molecule has 0 radical (unpaired) electrons. The summed E-state index contributed by atoms with van der Waals surface area (Å²) in [6.07, 6.45) is 5.42. The van der Waals surface area contributed by atoms with E-state index in [9.17, 15) is 0 Å². The van der Waals surface area contributed by atoms with Gasteiger partial charge < -0.3 is 9.64 Å². The molecule has 0 bridgehead atoms. The Labute approximate surface area is 131 Å². The van der Waals surface area contributed by atoms with Gasteiger partial charge in [0.05, 0.1) is 25.8 Å². The molecule has 114 valence electrons. The van der Waals surface area contributed by atoms with E-state index in [2.05, 4.69) is 14.7 Å². The molecule has 0 unspecified atom stereocenters. The van der Waals surface area contributed by atoms with Crippen LogP contribution in [0.25, 0.3) is 0 Å². The van der Waals surface area contributed by atoms with E-state index in [0.29, 0.717) is 6.04 Å². The minimum absolute atomic E-state index is 0.709. The van der Waals surface area contributed by atoms with Gasteiger partial charge in [0.15, 0.2) is 0 Å². The van der Waals surface area contributed by atoms with Gasteiger partial charge >= 0.3 is 0 Å². The molecule has 0 spiro atoms. The molecule has 2 aliphatic heterocycles. The van der Waals surface area contributed by atoms with E-state index in [1.807, 2.05) is 11.8 Å². The summed E-state index contributed by atoms with van der Waals surface area (Å²) in [5.41, 5.74) is 0. The number of nitrogens with zero attached hydrogens (tertiary/aromatic N) is 3. The summed E-state index contributed by atoms with van der Waals surface area (Å²) in [5.74, 6) is 1.06. The van der Waals surface area contributed by atoms with Crippen LogP contribution in [0.3, 0.4) is 0 Å². The van der Waals surface area contributed by atoms with Gasteiger partial charge in [-0.1, -0.05) is 36.8 Å². The van der Waals surface area contributed by atoms with Crippen LogP contribution in [0.2, 0.25) is 0 Å². The fourth-order valence-corrected chi connectivity index (χ4v) is 4.51. The number of morpholine rings is 1. The van der Waals surface area contributed by atoms with Crippen molar-refractivity contribution in [1.29, 1.82) is 0 Å². The van der Waals surface area contributed by atoms with Gasteiger partial charge in [-0.3, -0.25) is 9.80 Å². The number of hydrogen-bond donors (Lipinski definition) is 0. The maximum atomic E-state index is 5.56. The Morgan fingerprint density at radius 3 is 2.55 bits per heavy atom. The first-order chi connectivity index (χ1) is 9.83. The largest absolute Gasteiger partial charge is 0.379 e. The minimum atomic E-state index is 0.709. The number of ether oxygens (including phenoxy) is 1. The molecule has 2 heterocycles. The molecule has 3 aliphatic rings. The van der Waals surface area contributed by atoms with E-state index < -0.39 is 0 Å². The Bertz CT molecular complexity index is 330. The number of thioether (sulfide) groups is 1. The van der Waals surface area contributed by atoms with Crippen LogP contribution < -0.4 is 0 Å². The van der Waals surface area contributed by atoms with Gasteiger partial charge in [0, 0.05) is 32.2 Å². The smallest absolute Gasteiger partial charge is 0.138 e. The molecule has 0 aromatic rings. The summed E-state index contributed by atoms with van der Waals surface area (Å²) in [5, 5.41) is 0. The predicted molar refractivity (Wildman–Crippen MR) is 88.0 cm³/mol. The van der Waals surface area contributed by atoms with Gasteiger partial charge in [0.1, 0.15) is 4.32 Å². The van der Waals surface area contributed by atoms with Crippen molar-refractivity contribution in [3.63, 3.8) is 0 Å². The molecule has 0 aromatic carbocycles. The molecule has 1 aliphatic carbocycles. The average Bonchev–Trinajstić information content (AvgIpc) is 3.01. The second kappa shape index (κ2) is 7.40. The minimum Gasteiger partial charge on any atom is -0.379 e. The van der Waals surface area contributed by atoms with E-state index in [4.69, 9.17) is 17.0 Å². The Morgan fingerprint density at radius 1 is 1.10 bits per heavy atom. The quantitative estimate of drug-likeness (QED) is 0.732. The summed E-state index contributed by atoms with van der Waals surface area (Å²) >= 11 is 7.41. The zero-order chi connectivity index (χ0) is 13.8. The summed E-state index contributed by atoms with van der Waals surface area (Å²) < 4.78 is 6.53. The summed E-state index contributed by atoms with van der Waals surface area (Å²) in [4.78, 5) is 7.55. The van der Waals surface area contributed by atoms with E-state index >= 15 is 0 Å². The number of hydrogen-bond acceptors (Lipinski definition) is 5. The SMILES string of the molecule is S=C1SCN(CCN2CCOCC2)CN1C1CCCC1. The van der Waals surface area contributed by atoms with Crippen LogP contribution in [0.1, 0.15) is 25.7 Å². The van der Waals surface area contributed by atoms with Crippen molar-refractivity contribution in [2.45, 2.75) is 31.7 Å². The first-order valence-electron chi connectivity index (χ1n) is 7.79. The van der Waals surface area contributed by atoms with Gasteiger partial charge in [-0.15, -0.1) is 0 Å². The highest BCUT2D eigenvalue weighted by atomic mass is 32.2. The third-order valence-electron chi connectivity index (χ3n) is 4.56. The van der Waals surface area contributed by atoms with Crippen molar-refractivity contribution in [3.05, 3.63) is 0 Å². The molecule has 1 saturated carbocycles. The maximum Gasteiger partial charge on any atom is 0.138 e. The van der Waals surface area contributed by atoms with Crippen molar-refractivity contribution in [2.75, 3.05) is 51.9 Å². The van der Waals surface area contributed by atoms with Crippen LogP contribution in [0.15, 0.2) is 0 Å². The van der Waals surface area contributed by atoms with Gasteiger partial charge in [0.2, 0.25) is 0 Å². The molecule has 0 atom stereocenters. The summed E-state index contributed by atoms with van der Waals surface area (Å²) in [7, 11) is 0. The maximum absolute atomic E-state index is 5.56. The highest BCUT2D eigenvalue weighted by Gasteiger charge is 2.29. The van der Waals surface area contributed by atoms with Crippen LogP contribution in [0.4, 0.5) is 0 Å². The van der Waals surface area contributed by atoms with Crippen LogP contribution in [-0.2, 0) is 4.74 Å². The molecule has 0 amide bonds. The van der Waals surface area contributed by atoms with E-state index in [0.717, 1.165) is 56.3 Å². The fourth-order valence-electron chi connectivity index (χ4n) is 3.27. The van der Waals surface area contributed by atoms with Gasteiger partial charge in [-0.25, -0.2) is 0 Å². The second-order valence-electron chi connectivity index (χ2n) is 5.94. The average molecular weight is 316 g/mol. The van der Waals surface area contributed by atoms with Crippen molar-refractivity contribution in [1.82, 2.24) is 14.7 Å². The second-order valence-corrected chi connectivity index (χ2v) is 7.52. The van der Waals surface area contributed by atoms with E-state index in [1.165, 1.54) is 25.7 Å². The van der Waals surface area contributed by atoms with Crippen LogP contribution in [0.5, 0.6) is 0 Å².